The monoisotopic (exact) mass is 227 g/mol. The molecular formula is C12H21NO3. The predicted octanol–water partition coefficient (Wildman–Crippen LogP) is 1.75. The van der Waals surface area contributed by atoms with E-state index >= 15 is 0 Å². The topological polar surface area (TPSA) is 57.6 Å². The van der Waals surface area contributed by atoms with Gasteiger partial charge < -0.3 is 10.0 Å². The highest BCUT2D eigenvalue weighted by molar-refractivity contribution is 5.80. The average molecular weight is 227 g/mol. The first-order valence-corrected chi connectivity index (χ1v) is 5.95. The van der Waals surface area contributed by atoms with Crippen molar-refractivity contribution in [2.75, 3.05) is 13.1 Å². The summed E-state index contributed by atoms with van der Waals surface area (Å²) in [6.07, 6.45) is 2.06. The lowest BCUT2D eigenvalue weighted by atomic mass is 9.77. The maximum atomic E-state index is 11.9. The number of carbonyl (C=O) groups excluding carboxylic acids is 1. The third-order valence-electron chi connectivity index (χ3n) is 3.51. The Balaban J connectivity index is 2.80. The van der Waals surface area contributed by atoms with Gasteiger partial charge in [-0.15, -0.1) is 0 Å². The summed E-state index contributed by atoms with van der Waals surface area (Å²) >= 11 is 0. The smallest absolute Gasteiger partial charge is 0.311 e. The van der Waals surface area contributed by atoms with Gasteiger partial charge in [0.1, 0.15) is 0 Å². The number of hydrogen-bond acceptors (Lipinski definition) is 2. The number of piperidine rings is 1. The second kappa shape index (κ2) is 4.85. The number of carboxylic acids is 1. The minimum atomic E-state index is -0.767. The van der Waals surface area contributed by atoms with Gasteiger partial charge in [-0.3, -0.25) is 9.59 Å². The number of carbonyl (C=O) groups is 2. The second-order valence-electron chi connectivity index (χ2n) is 4.96. The van der Waals surface area contributed by atoms with Crippen molar-refractivity contribution in [1.82, 2.24) is 4.90 Å². The molecule has 1 heterocycles. The molecule has 4 nitrogen and oxygen atoms in total. The third kappa shape index (κ3) is 2.36. The van der Waals surface area contributed by atoms with Crippen molar-refractivity contribution in [3.05, 3.63) is 0 Å². The summed E-state index contributed by atoms with van der Waals surface area (Å²) in [5.74, 6) is -0.753. The van der Waals surface area contributed by atoms with Gasteiger partial charge in [0.05, 0.1) is 5.41 Å². The quantitative estimate of drug-likeness (QED) is 0.799. The van der Waals surface area contributed by atoms with E-state index in [4.69, 9.17) is 0 Å². The van der Waals surface area contributed by atoms with Crippen LogP contribution in [0.5, 0.6) is 0 Å². The fraction of sp³-hybridized carbons (Fsp3) is 0.833. The lowest BCUT2D eigenvalue weighted by Gasteiger charge is -2.40. The van der Waals surface area contributed by atoms with E-state index in [9.17, 15) is 14.7 Å². The maximum absolute atomic E-state index is 11.9. The van der Waals surface area contributed by atoms with E-state index in [0.717, 1.165) is 6.42 Å². The van der Waals surface area contributed by atoms with E-state index in [-0.39, 0.29) is 11.8 Å². The van der Waals surface area contributed by atoms with Crippen LogP contribution < -0.4 is 0 Å². The van der Waals surface area contributed by atoms with Crippen LogP contribution in [0.1, 0.15) is 40.0 Å². The molecule has 0 bridgehead atoms. The van der Waals surface area contributed by atoms with E-state index in [1.165, 1.54) is 0 Å². The van der Waals surface area contributed by atoms with Crippen molar-refractivity contribution >= 4 is 11.9 Å². The van der Waals surface area contributed by atoms with Gasteiger partial charge in [0.2, 0.25) is 5.91 Å². The fourth-order valence-electron chi connectivity index (χ4n) is 2.30. The van der Waals surface area contributed by atoms with Crippen LogP contribution in [-0.4, -0.2) is 35.0 Å². The summed E-state index contributed by atoms with van der Waals surface area (Å²) in [6.45, 7) is 6.66. The molecule has 0 aromatic heterocycles. The Kier molecular flexibility index (Phi) is 3.94. The second-order valence-corrected chi connectivity index (χ2v) is 4.96. The van der Waals surface area contributed by atoms with Crippen molar-refractivity contribution in [2.24, 2.45) is 11.3 Å². The molecule has 0 aromatic rings. The molecule has 1 rings (SSSR count). The van der Waals surface area contributed by atoms with Crippen molar-refractivity contribution in [3.8, 4) is 0 Å². The molecule has 1 unspecified atom stereocenters. The zero-order valence-corrected chi connectivity index (χ0v) is 10.3. The Morgan fingerprint density at radius 1 is 1.44 bits per heavy atom. The van der Waals surface area contributed by atoms with Crippen molar-refractivity contribution < 1.29 is 14.7 Å². The Hall–Kier alpha value is -1.06. The zero-order chi connectivity index (χ0) is 12.3. The standard InChI is InChI=1S/C12H21NO3/c1-4-12(11(15)16)6-5-7-13(8-12)10(14)9(2)3/h9H,4-8H2,1-3H3,(H,15,16). The number of amides is 1. The first-order valence-electron chi connectivity index (χ1n) is 5.95. The van der Waals surface area contributed by atoms with Crippen LogP contribution in [-0.2, 0) is 9.59 Å². The number of likely N-dealkylation sites (tertiary alicyclic amines) is 1. The first-order chi connectivity index (χ1) is 7.43. The molecule has 1 fully saturated rings. The minimum absolute atomic E-state index is 0.0542. The van der Waals surface area contributed by atoms with Crippen LogP contribution in [0, 0.1) is 11.3 Å². The van der Waals surface area contributed by atoms with E-state index in [2.05, 4.69) is 0 Å². The van der Waals surface area contributed by atoms with E-state index in [1.54, 1.807) is 4.90 Å². The molecule has 1 atom stereocenters. The Bertz CT molecular complexity index is 288. The number of carboxylic acid groups (broad SMARTS) is 1. The van der Waals surface area contributed by atoms with E-state index in [0.29, 0.717) is 25.9 Å². The number of nitrogens with zero attached hydrogens (tertiary/aromatic N) is 1. The molecule has 1 aliphatic rings. The average Bonchev–Trinajstić information content (AvgIpc) is 2.27. The molecular weight excluding hydrogens is 206 g/mol. The summed E-state index contributed by atoms with van der Waals surface area (Å²) in [7, 11) is 0. The summed E-state index contributed by atoms with van der Waals surface area (Å²) in [6, 6.07) is 0. The molecule has 16 heavy (non-hydrogen) atoms. The van der Waals surface area contributed by atoms with E-state index < -0.39 is 11.4 Å². The highest BCUT2D eigenvalue weighted by atomic mass is 16.4. The van der Waals surface area contributed by atoms with Crippen molar-refractivity contribution in [2.45, 2.75) is 40.0 Å². The van der Waals surface area contributed by atoms with Gasteiger partial charge in [-0.1, -0.05) is 20.8 Å². The van der Waals surface area contributed by atoms with Gasteiger partial charge in [0, 0.05) is 19.0 Å². The highest BCUT2D eigenvalue weighted by Crippen LogP contribution is 2.34. The number of hydrogen-bond donors (Lipinski definition) is 1. The van der Waals surface area contributed by atoms with Gasteiger partial charge in [-0.25, -0.2) is 0 Å². The molecule has 0 aromatic carbocycles. The fourth-order valence-corrected chi connectivity index (χ4v) is 2.30. The molecule has 0 aliphatic carbocycles. The highest BCUT2D eigenvalue weighted by Gasteiger charge is 2.42. The van der Waals surface area contributed by atoms with Crippen molar-refractivity contribution in [3.63, 3.8) is 0 Å². The summed E-state index contributed by atoms with van der Waals surface area (Å²) in [5.41, 5.74) is -0.719. The molecule has 1 aliphatic heterocycles. The van der Waals surface area contributed by atoms with Gasteiger partial charge in [-0.2, -0.15) is 0 Å². The van der Waals surface area contributed by atoms with Gasteiger partial charge in [-0.05, 0) is 19.3 Å². The van der Waals surface area contributed by atoms with Gasteiger partial charge in [0.25, 0.3) is 0 Å². The first kappa shape index (κ1) is 13.0. The minimum Gasteiger partial charge on any atom is -0.481 e. The largest absolute Gasteiger partial charge is 0.481 e. The van der Waals surface area contributed by atoms with Gasteiger partial charge >= 0.3 is 5.97 Å². The van der Waals surface area contributed by atoms with Crippen LogP contribution in [0.3, 0.4) is 0 Å². The third-order valence-corrected chi connectivity index (χ3v) is 3.51. The summed E-state index contributed by atoms with van der Waals surface area (Å²) in [4.78, 5) is 24.9. The van der Waals surface area contributed by atoms with Crippen molar-refractivity contribution in [1.29, 1.82) is 0 Å². The molecule has 92 valence electrons. The lowest BCUT2D eigenvalue weighted by molar-refractivity contribution is -0.155. The number of aliphatic carboxylic acids is 1. The predicted molar refractivity (Wildman–Crippen MR) is 61.0 cm³/mol. The molecule has 0 saturated carbocycles. The molecule has 1 N–H and O–H groups in total. The van der Waals surface area contributed by atoms with Crippen LogP contribution in [0.15, 0.2) is 0 Å². The SMILES string of the molecule is CCC1(C(=O)O)CCCN(C(=O)C(C)C)C1. The van der Waals surface area contributed by atoms with E-state index in [1.807, 2.05) is 20.8 Å². The number of rotatable bonds is 3. The lowest BCUT2D eigenvalue weighted by Crippen LogP contribution is -2.50. The van der Waals surface area contributed by atoms with Crippen LogP contribution in [0.4, 0.5) is 0 Å². The molecule has 0 radical (unpaired) electrons. The Labute approximate surface area is 96.6 Å². The maximum Gasteiger partial charge on any atom is 0.311 e. The normalized spacial score (nSPS) is 25.9. The van der Waals surface area contributed by atoms with Gasteiger partial charge in [0.15, 0.2) is 0 Å². The molecule has 0 spiro atoms. The summed E-state index contributed by atoms with van der Waals surface area (Å²) in [5, 5.41) is 9.29. The zero-order valence-electron chi connectivity index (χ0n) is 10.3. The van der Waals surface area contributed by atoms with Crippen LogP contribution in [0.2, 0.25) is 0 Å². The Morgan fingerprint density at radius 3 is 2.50 bits per heavy atom. The Morgan fingerprint density at radius 2 is 2.06 bits per heavy atom. The molecule has 1 amide bonds. The molecule has 4 heteroatoms. The molecule has 1 saturated heterocycles. The van der Waals surface area contributed by atoms with Crippen LogP contribution >= 0.6 is 0 Å². The summed E-state index contributed by atoms with van der Waals surface area (Å²) < 4.78 is 0. The van der Waals surface area contributed by atoms with Crippen LogP contribution in [0.25, 0.3) is 0 Å².